The molecule has 0 unspecified atom stereocenters. The number of nitrogens with one attached hydrogen (secondary N) is 1. The van der Waals surface area contributed by atoms with Crippen molar-refractivity contribution in [2.45, 2.75) is 19.9 Å². The molecule has 0 saturated carbocycles. The van der Waals surface area contributed by atoms with E-state index in [0.29, 0.717) is 15.8 Å². The Labute approximate surface area is 162 Å². The lowest BCUT2D eigenvalue weighted by atomic mass is 10.1. The van der Waals surface area contributed by atoms with Crippen molar-refractivity contribution in [2.24, 2.45) is 0 Å². The molecule has 1 N–H and O–H groups in total. The van der Waals surface area contributed by atoms with E-state index in [4.69, 9.17) is 32.7 Å². The molecular weight excluding hydrogens is 377 g/mol. The molecule has 0 spiro atoms. The fraction of sp³-hybridized carbons (Fsp3) is 0.263. The van der Waals surface area contributed by atoms with Crippen LogP contribution in [-0.4, -0.2) is 25.6 Å². The van der Waals surface area contributed by atoms with E-state index in [1.165, 1.54) is 7.11 Å². The highest BCUT2D eigenvalue weighted by molar-refractivity contribution is 6.42. The number of ether oxygens (including phenoxy) is 2. The molecule has 0 bridgehead atoms. The number of hydrogen-bond acceptors (Lipinski definition) is 4. The first-order chi connectivity index (χ1) is 12.3. The fourth-order valence-electron chi connectivity index (χ4n) is 2.34. The van der Waals surface area contributed by atoms with Gasteiger partial charge in [-0.25, -0.2) is 4.79 Å². The first kappa shape index (κ1) is 20.1. The van der Waals surface area contributed by atoms with Crippen LogP contribution in [0.25, 0.3) is 0 Å². The number of carbonyl (C=O) groups is 2. The molecule has 1 atom stereocenters. The zero-order valence-electron chi connectivity index (χ0n) is 14.6. The van der Waals surface area contributed by atoms with Crippen molar-refractivity contribution in [3.63, 3.8) is 0 Å². The summed E-state index contributed by atoms with van der Waals surface area (Å²) in [5, 5.41) is 3.59. The molecule has 7 heteroatoms. The van der Waals surface area contributed by atoms with Crippen LogP contribution < -0.4 is 10.1 Å². The standard InChI is InChI=1S/C19H19Cl2NO4/c1-11-4-7-17(25-3)14(8-11)19(24)26-10-18(23)22-12(2)13-5-6-15(20)16(21)9-13/h4-9,12H,10H2,1-3H3,(H,22,23)/t12-/m1/s1. The molecule has 0 aromatic heterocycles. The second-order valence-electron chi connectivity index (χ2n) is 5.74. The van der Waals surface area contributed by atoms with Crippen molar-refractivity contribution in [3.8, 4) is 5.75 Å². The van der Waals surface area contributed by atoms with Gasteiger partial charge < -0.3 is 14.8 Å². The average Bonchev–Trinajstić information content (AvgIpc) is 2.61. The number of amides is 1. The first-order valence-electron chi connectivity index (χ1n) is 7.88. The predicted molar refractivity (Wildman–Crippen MR) is 101 cm³/mol. The normalized spacial score (nSPS) is 11.6. The molecule has 0 radical (unpaired) electrons. The summed E-state index contributed by atoms with van der Waals surface area (Å²) in [5.74, 6) is -0.656. The highest BCUT2D eigenvalue weighted by Crippen LogP contribution is 2.25. The number of aryl methyl sites for hydroxylation is 1. The second kappa shape index (κ2) is 8.92. The van der Waals surface area contributed by atoms with Crippen LogP contribution in [0.4, 0.5) is 0 Å². The van der Waals surface area contributed by atoms with Gasteiger partial charge in [0, 0.05) is 0 Å². The Morgan fingerprint density at radius 2 is 1.85 bits per heavy atom. The summed E-state index contributed by atoms with van der Waals surface area (Å²) < 4.78 is 10.2. The first-order valence-corrected chi connectivity index (χ1v) is 8.63. The van der Waals surface area contributed by atoms with Crippen molar-refractivity contribution in [1.29, 1.82) is 0 Å². The quantitative estimate of drug-likeness (QED) is 0.738. The number of methoxy groups -OCH3 is 1. The molecule has 138 valence electrons. The lowest BCUT2D eigenvalue weighted by Crippen LogP contribution is -2.31. The number of hydrogen-bond donors (Lipinski definition) is 1. The van der Waals surface area contributed by atoms with E-state index < -0.39 is 18.5 Å². The SMILES string of the molecule is COc1ccc(C)cc1C(=O)OCC(=O)N[C@H](C)c1ccc(Cl)c(Cl)c1. The summed E-state index contributed by atoms with van der Waals surface area (Å²) in [6, 6.07) is 9.94. The van der Waals surface area contributed by atoms with Gasteiger partial charge in [-0.15, -0.1) is 0 Å². The highest BCUT2D eigenvalue weighted by Gasteiger charge is 2.17. The van der Waals surface area contributed by atoms with Gasteiger partial charge in [-0.1, -0.05) is 40.9 Å². The van der Waals surface area contributed by atoms with Gasteiger partial charge in [-0.05, 0) is 43.7 Å². The molecule has 0 aliphatic rings. The number of esters is 1. The summed E-state index contributed by atoms with van der Waals surface area (Å²) in [7, 11) is 1.47. The monoisotopic (exact) mass is 395 g/mol. The van der Waals surface area contributed by atoms with Crippen LogP contribution in [0, 0.1) is 6.92 Å². The zero-order valence-corrected chi connectivity index (χ0v) is 16.1. The maximum absolute atomic E-state index is 12.2. The van der Waals surface area contributed by atoms with Gasteiger partial charge in [-0.2, -0.15) is 0 Å². The summed E-state index contributed by atoms with van der Waals surface area (Å²) in [5.41, 5.74) is 1.95. The summed E-state index contributed by atoms with van der Waals surface area (Å²) in [4.78, 5) is 24.3. The molecular formula is C19H19Cl2NO4. The predicted octanol–water partition coefficient (Wildman–Crippen LogP) is 4.34. The molecule has 2 aromatic carbocycles. The lowest BCUT2D eigenvalue weighted by Gasteiger charge is -2.15. The van der Waals surface area contributed by atoms with Crippen molar-refractivity contribution >= 4 is 35.1 Å². The Balaban J connectivity index is 1.95. The third-order valence-electron chi connectivity index (χ3n) is 3.73. The van der Waals surface area contributed by atoms with E-state index in [1.807, 2.05) is 13.0 Å². The topological polar surface area (TPSA) is 64.6 Å². The van der Waals surface area contributed by atoms with Gasteiger partial charge in [0.1, 0.15) is 11.3 Å². The molecule has 1 amide bonds. The molecule has 2 aromatic rings. The van der Waals surface area contributed by atoms with E-state index in [9.17, 15) is 9.59 Å². The van der Waals surface area contributed by atoms with E-state index in [0.717, 1.165) is 11.1 Å². The number of carbonyl (C=O) groups excluding carboxylic acids is 2. The maximum atomic E-state index is 12.2. The fourth-order valence-corrected chi connectivity index (χ4v) is 2.64. The Kier molecular flexibility index (Phi) is 6.89. The van der Waals surface area contributed by atoms with Gasteiger partial charge in [0.15, 0.2) is 6.61 Å². The molecule has 0 heterocycles. The van der Waals surface area contributed by atoms with Gasteiger partial charge in [0.05, 0.1) is 23.2 Å². The average molecular weight is 396 g/mol. The van der Waals surface area contributed by atoms with Gasteiger partial charge in [0.2, 0.25) is 0 Å². The van der Waals surface area contributed by atoms with Crippen LogP contribution in [0.1, 0.15) is 34.5 Å². The molecule has 2 rings (SSSR count). The minimum atomic E-state index is -0.622. The summed E-state index contributed by atoms with van der Waals surface area (Å²) in [6.45, 7) is 3.24. The Morgan fingerprint density at radius 3 is 2.50 bits per heavy atom. The molecule has 0 saturated heterocycles. The molecule has 5 nitrogen and oxygen atoms in total. The summed E-state index contributed by atoms with van der Waals surface area (Å²) in [6.07, 6.45) is 0. The van der Waals surface area contributed by atoms with Crippen molar-refractivity contribution in [3.05, 3.63) is 63.1 Å². The van der Waals surface area contributed by atoms with Crippen LogP contribution in [-0.2, 0) is 9.53 Å². The number of rotatable bonds is 6. The highest BCUT2D eigenvalue weighted by atomic mass is 35.5. The van der Waals surface area contributed by atoms with Gasteiger partial charge in [0.25, 0.3) is 5.91 Å². The van der Waals surface area contributed by atoms with E-state index >= 15 is 0 Å². The zero-order chi connectivity index (χ0) is 19.3. The summed E-state index contributed by atoms with van der Waals surface area (Å²) >= 11 is 11.9. The third-order valence-corrected chi connectivity index (χ3v) is 4.47. The molecule has 0 aliphatic carbocycles. The van der Waals surface area contributed by atoms with Crippen LogP contribution >= 0.6 is 23.2 Å². The molecule has 0 aliphatic heterocycles. The van der Waals surface area contributed by atoms with E-state index in [2.05, 4.69) is 5.32 Å². The van der Waals surface area contributed by atoms with Crippen LogP contribution in [0.15, 0.2) is 36.4 Å². The smallest absolute Gasteiger partial charge is 0.342 e. The second-order valence-corrected chi connectivity index (χ2v) is 6.56. The minimum absolute atomic E-state index is 0.276. The van der Waals surface area contributed by atoms with Crippen molar-refractivity contribution in [1.82, 2.24) is 5.32 Å². The van der Waals surface area contributed by atoms with E-state index in [-0.39, 0.29) is 11.6 Å². The van der Waals surface area contributed by atoms with Crippen molar-refractivity contribution < 1.29 is 19.1 Å². The Bertz CT molecular complexity index is 823. The minimum Gasteiger partial charge on any atom is -0.496 e. The maximum Gasteiger partial charge on any atom is 0.342 e. The number of halogens is 2. The number of benzene rings is 2. The van der Waals surface area contributed by atoms with Crippen molar-refractivity contribution in [2.75, 3.05) is 13.7 Å². The Morgan fingerprint density at radius 1 is 1.12 bits per heavy atom. The third kappa shape index (κ3) is 5.13. The van der Waals surface area contributed by atoms with Gasteiger partial charge in [-0.3, -0.25) is 4.79 Å². The molecule has 26 heavy (non-hydrogen) atoms. The van der Waals surface area contributed by atoms with Crippen LogP contribution in [0.3, 0.4) is 0 Å². The van der Waals surface area contributed by atoms with Crippen LogP contribution in [0.5, 0.6) is 5.75 Å². The molecule has 0 fully saturated rings. The largest absolute Gasteiger partial charge is 0.496 e. The van der Waals surface area contributed by atoms with Crippen LogP contribution in [0.2, 0.25) is 10.0 Å². The lowest BCUT2D eigenvalue weighted by molar-refractivity contribution is -0.124. The van der Waals surface area contributed by atoms with Gasteiger partial charge >= 0.3 is 5.97 Å². The Hall–Kier alpha value is -2.24. The van der Waals surface area contributed by atoms with E-state index in [1.54, 1.807) is 37.3 Å².